The van der Waals surface area contributed by atoms with Gasteiger partial charge in [0.15, 0.2) is 18.1 Å². The fourth-order valence-corrected chi connectivity index (χ4v) is 4.26. The Bertz CT molecular complexity index is 1380. The number of fused-ring (bicyclic) bond motifs is 1. The minimum Gasteiger partial charge on any atom is -0.504 e. The van der Waals surface area contributed by atoms with Crippen LogP contribution in [0.4, 0.5) is 5.69 Å². The monoisotopic (exact) mass is 474 g/mol. The van der Waals surface area contributed by atoms with Crippen LogP contribution in [0, 0.1) is 6.92 Å². The molecule has 0 bridgehead atoms. The van der Waals surface area contributed by atoms with Crippen LogP contribution in [0.1, 0.15) is 11.1 Å². The average Bonchev–Trinajstić information content (AvgIpc) is 3.26. The van der Waals surface area contributed by atoms with Gasteiger partial charge in [-0.05, 0) is 72.7 Å². The summed E-state index contributed by atoms with van der Waals surface area (Å²) in [6, 6.07) is 18.2. The number of nitrogens with one attached hydrogen (secondary N) is 1. The van der Waals surface area contributed by atoms with Crippen molar-refractivity contribution in [3.05, 3.63) is 77.9 Å². The third-order valence-electron chi connectivity index (χ3n) is 4.92. The number of thiazole rings is 1. The molecule has 0 unspecified atom stereocenters. The Kier molecular flexibility index (Phi) is 6.89. The average molecular weight is 475 g/mol. The summed E-state index contributed by atoms with van der Waals surface area (Å²) in [6.07, 6.45) is 2.71. The Morgan fingerprint density at radius 2 is 1.88 bits per heavy atom. The second-order valence-corrected chi connectivity index (χ2v) is 8.52. The summed E-state index contributed by atoms with van der Waals surface area (Å²) in [4.78, 5) is 28.7. The van der Waals surface area contributed by atoms with Crippen LogP contribution in [0.2, 0.25) is 0 Å². The summed E-state index contributed by atoms with van der Waals surface area (Å²) >= 11 is 1.62. The highest BCUT2D eigenvalue weighted by molar-refractivity contribution is 7.21. The summed E-state index contributed by atoms with van der Waals surface area (Å²) in [7, 11) is 1.44. The van der Waals surface area contributed by atoms with Gasteiger partial charge in [-0.2, -0.15) is 0 Å². The first-order chi connectivity index (χ1) is 16.4. The number of methoxy groups -OCH3 is 1. The molecule has 0 fully saturated rings. The van der Waals surface area contributed by atoms with Crippen LogP contribution in [0.25, 0.3) is 26.9 Å². The van der Waals surface area contributed by atoms with Crippen molar-refractivity contribution in [3.8, 4) is 22.1 Å². The number of hydrogen-bond donors (Lipinski definition) is 2. The predicted octanol–water partition coefficient (Wildman–Crippen LogP) is 5.18. The number of aromatic hydroxyl groups is 1. The fourth-order valence-electron chi connectivity index (χ4n) is 3.20. The van der Waals surface area contributed by atoms with E-state index in [-0.39, 0.29) is 5.75 Å². The molecule has 34 heavy (non-hydrogen) atoms. The zero-order chi connectivity index (χ0) is 24.1. The molecule has 4 aromatic rings. The van der Waals surface area contributed by atoms with Crippen molar-refractivity contribution < 1.29 is 24.2 Å². The first-order valence-corrected chi connectivity index (χ1v) is 11.2. The molecule has 0 aliphatic heterocycles. The Labute approximate surface area is 200 Å². The van der Waals surface area contributed by atoms with Gasteiger partial charge in [-0.3, -0.25) is 4.79 Å². The summed E-state index contributed by atoms with van der Waals surface area (Å²) < 4.78 is 11.1. The predicted molar refractivity (Wildman–Crippen MR) is 133 cm³/mol. The molecular formula is C26H22N2O5S. The molecular weight excluding hydrogens is 452 g/mol. The van der Waals surface area contributed by atoms with Crippen LogP contribution in [0.5, 0.6) is 11.5 Å². The fraction of sp³-hybridized carbons (Fsp3) is 0.115. The molecule has 1 amide bonds. The number of anilines is 1. The molecule has 0 radical (unpaired) electrons. The van der Waals surface area contributed by atoms with Gasteiger partial charge in [-0.1, -0.05) is 12.1 Å². The van der Waals surface area contributed by atoms with Crippen molar-refractivity contribution in [2.45, 2.75) is 6.92 Å². The Hall–Kier alpha value is -4.17. The van der Waals surface area contributed by atoms with Crippen molar-refractivity contribution in [3.63, 3.8) is 0 Å². The van der Waals surface area contributed by atoms with E-state index in [1.54, 1.807) is 35.6 Å². The number of aromatic nitrogens is 1. The van der Waals surface area contributed by atoms with E-state index in [1.807, 2.05) is 24.3 Å². The number of aryl methyl sites for hydroxylation is 1. The lowest BCUT2D eigenvalue weighted by atomic mass is 10.2. The number of hydrogen-bond acceptors (Lipinski definition) is 7. The third-order valence-corrected chi connectivity index (χ3v) is 5.99. The highest BCUT2D eigenvalue weighted by atomic mass is 32.1. The zero-order valence-electron chi connectivity index (χ0n) is 18.6. The number of phenols is 1. The highest BCUT2D eigenvalue weighted by Gasteiger charge is 2.09. The lowest BCUT2D eigenvalue weighted by Crippen LogP contribution is -2.20. The molecule has 7 nitrogen and oxygen atoms in total. The normalized spacial score (nSPS) is 11.0. The molecule has 0 atom stereocenters. The van der Waals surface area contributed by atoms with Gasteiger partial charge in [0.2, 0.25) is 0 Å². The van der Waals surface area contributed by atoms with Crippen molar-refractivity contribution in [2.75, 3.05) is 19.0 Å². The van der Waals surface area contributed by atoms with Crippen LogP contribution in [0.15, 0.2) is 66.7 Å². The topological polar surface area (TPSA) is 97.8 Å². The van der Waals surface area contributed by atoms with Crippen molar-refractivity contribution >= 4 is 45.2 Å². The number of rotatable bonds is 7. The number of carbonyl (C=O) groups excluding carboxylic acids is 2. The third kappa shape index (κ3) is 5.60. The summed E-state index contributed by atoms with van der Waals surface area (Å²) in [5.41, 5.74) is 4.34. The van der Waals surface area contributed by atoms with Crippen molar-refractivity contribution in [1.82, 2.24) is 4.98 Å². The Morgan fingerprint density at radius 1 is 1.09 bits per heavy atom. The van der Waals surface area contributed by atoms with E-state index in [2.05, 4.69) is 23.3 Å². The summed E-state index contributed by atoms with van der Waals surface area (Å²) in [5.74, 6) is -0.818. The van der Waals surface area contributed by atoms with Crippen molar-refractivity contribution in [2.24, 2.45) is 0 Å². The van der Waals surface area contributed by atoms with Gasteiger partial charge in [-0.15, -0.1) is 11.3 Å². The number of esters is 1. The number of benzene rings is 3. The van der Waals surface area contributed by atoms with Gasteiger partial charge in [0.25, 0.3) is 5.91 Å². The SMILES string of the molecule is COc1cc(/C=C/C(=O)OCC(=O)Nc2ccc(-c3nc4ccc(C)cc4s3)cc2)ccc1O. The van der Waals surface area contributed by atoms with Gasteiger partial charge in [-0.25, -0.2) is 9.78 Å². The molecule has 1 aromatic heterocycles. The lowest BCUT2D eigenvalue weighted by Gasteiger charge is -2.06. The van der Waals surface area contributed by atoms with E-state index in [0.717, 1.165) is 20.8 Å². The van der Waals surface area contributed by atoms with Crippen LogP contribution >= 0.6 is 11.3 Å². The largest absolute Gasteiger partial charge is 0.504 e. The first kappa shape index (κ1) is 23.0. The quantitative estimate of drug-likeness (QED) is 0.283. The van der Waals surface area contributed by atoms with Gasteiger partial charge in [0, 0.05) is 17.3 Å². The minimum absolute atomic E-state index is 0.00194. The van der Waals surface area contributed by atoms with E-state index in [0.29, 0.717) is 17.0 Å². The van der Waals surface area contributed by atoms with E-state index in [1.165, 1.54) is 30.9 Å². The summed E-state index contributed by atoms with van der Waals surface area (Å²) in [5, 5.41) is 13.2. The molecule has 0 saturated heterocycles. The van der Waals surface area contributed by atoms with Crippen molar-refractivity contribution in [1.29, 1.82) is 0 Å². The second-order valence-electron chi connectivity index (χ2n) is 7.49. The maximum Gasteiger partial charge on any atom is 0.331 e. The van der Waals surface area contributed by atoms with E-state index in [4.69, 9.17) is 9.47 Å². The van der Waals surface area contributed by atoms with Crippen LogP contribution < -0.4 is 10.1 Å². The molecule has 1 heterocycles. The van der Waals surface area contributed by atoms with Gasteiger partial charge < -0.3 is 19.9 Å². The Morgan fingerprint density at radius 3 is 2.65 bits per heavy atom. The molecule has 4 rings (SSSR count). The lowest BCUT2D eigenvalue weighted by molar-refractivity contribution is -0.142. The molecule has 0 spiro atoms. The highest BCUT2D eigenvalue weighted by Crippen LogP contribution is 2.31. The van der Waals surface area contributed by atoms with E-state index < -0.39 is 18.5 Å². The van der Waals surface area contributed by atoms with Gasteiger partial charge in [0.05, 0.1) is 17.3 Å². The standard InChI is InChI=1S/C26H22N2O5S/c1-16-3-10-20-23(13-16)34-26(28-20)18-6-8-19(9-7-18)27-24(30)15-33-25(31)12-5-17-4-11-21(29)22(14-17)32-2/h3-14,29H,15H2,1-2H3,(H,27,30)/b12-5+. The Balaban J connectivity index is 1.30. The molecule has 2 N–H and O–H groups in total. The van der Waals surface area contributed by atoms with Gasteiger partial charge in [0.1, 0.15) is 5.01 Å². The summed E-state index contributed by atoms with van der Waals surface area (Å²) in [6.45, 7) is 1.64. The number of amides is 1. The number of nitrogens with zero attached hydrogens (tertiary/aromatic N) is 1. The minimum atomic E-state index is -0.663. The number of phenolic OH excluding ortho intramolecular Hbond substituents is 1. The second kappa shape index (κ2) is 10.2. The molecule has 172 valence electrons. The first-order valence-electron chi connectivity index (χ1n) is 10.4. The molecule has 3 aromatic carbocycles. The van der Waals surface area contributed by atoms with E-state index in [9.17, 15) is 14.7 Å². The maximum absolute atomic E-state index is 12.1. The molecule has 0 aliphatic rings. The van der Waals surface area contributed by atoms with Crippen LogP contribution in [0.3, 0.4) is 0 Å². The van der Waals surface area contributed by atoms with E-state index >= 15 is 0 Å². The molecule has 0 saturated carbocycles. The van der Waals surface area contributed by atoms with Crippen LogP contribution in [-0.4, -0.2) is 35.7 Å². The van der Waals surface area contributed by atoms with Crippen LogP contribution in [-0.2, 0) is 14.3 Å². The number of carbonyl (C=O) groups is 2. The molecule has 0 aliphatic carbocycles. The smallest absolute Gasteiger partial charge is 0.331 e. The molecule has 8 heteroatoms. The zero-order valence-corrected chi connectivity index (χ0v) is 19.4. The maximum atomic E-state index is 12.1. The van der Waals surface area contributed by atoms with Gasteiger partial charge >= 0.3 is 5.97 Å². The number of ether oxygens (including phenoxy) is 2.